The van der Waals surface area contributed by atoms with Crippen molar-refractivity contribution in [2.24, 2.45) is 0 Å². The zero-order chi connectivity index (χ0) is 14.2. The quantitative estimate of drug-likeness (QED) is 0.441. The standard InChI is InChI=1S/C16H29N3S/c1-2-3-4-5-6-7-8-9-10-11-15-17-18-16(20)19(15)14-12-13-14/h14H,2-13H2,1H3,(H,18,20). The fourth-order valence-corrected chi connectivity index (χ4v) is 3.12. The molecule has 20 heavy (non-hydrogen) atoms. The summed E-state index contributed by atoms with van der Waals surface area (Å²) in [5.74, 6) is 1.18. The SMILES string of the molecule is CCCCCCCCCCCc1n[nH]c(=S)n1C1CC1. The van der Waals surface area contributed by atoms with Crippen LogP contribution in [0.1, 0.15) is 89.4 Å². The maximum Gasteiger partial charge on any atom is 0.195 e. The molecule has 1 aliphatic carbocycles. The Morgan fingerprint density at radius 3 is 2.25 bits per heavy atom. The molecule has 1 aliphatic rings. The third-order valence-electron chi connectivity index (χ3n) is 4.19. The lowest BCUT2D eigenvalue weighted by atomic mass is 10.1. The van der Waals surface area contributed by atoms with Gasteiger partial charge in [-0.05, 0) is 31.5 Å². The highest BCUT2D eigenvalue weighted by Crippen LogP contribution is 2.35. The van der Waals surface area contributed by atoms with E-state index in [1.807, 2.05) is 0 Å². The Labute approximate surface area is 128 Å². The predicted octanol–water partition coefficient (Wildman–Crippen LogP) is 5.35. The molecule has 2 rings (SSSR count). The van der Waals surface area contributed by atoms with Crippen LogP contribution in [-0.2, 0) is 6.42 Å². The van der Waals surface area contributed by atoms with Crippen LogP contribution in [0, 0.1) is 4.77 Å². The van der Waals surface area contributed by atoms with Gasteiger partial charge in [-0.3, -0.25) is 5.10 Å². The van der Waals surface area contributed by atoms with Gasteiger partial charge in [0.2, 0.25) is 0 Å². The molecular weight excluding hydrogens is 266 g/mol. The predicted molar refractivity (Wildman–Crippen MR) is 86.6 cm³/mol. The lowest BCUT2D eigenvalue weighted by Gasteiger charge is -2.05. The summed E-state index contributed by atoms with van der Waals surface area (Å²) in [6.45, 7) is 2.28. The molecule has 114 valence electrons. The number of aromatic amines is 1. The number of rotatable bonds is 11. The Kier molecular flexibility index (Phi) is 6.77. The number of hydrogen-bond donors (Lipinski definition) is 1. The van der Waals surface area contributed by atoms with Gasteiger partial charge >= 0.3 is 0 Å². The van der Waals surface area contributed by atoms with Crippen molar-refractivity contribution in [2.75, 3.05) is 0 Å². The van der Waals surface area contributed by atoms with E-state index >= 15 is 0 Å². The Hall–Kier alpha value is -0.640. The Morgan fingerprint density at radius 2 is 1.65 bits per heavy atom. The molecule has 0 aromatic carbocycles. The molecule has 3 nitrogen and oxygen atoms in total. The molecule has 1 fully saturated rings. The number of nitrogens with one attached hydrogen (secondary N) is 1. The third-order valence-corrected chi connectivity index (χ3v) is 4.48. The average Bonchev–Trinajstić information content (AvgIpc) is 3.21. The van der Waals surface area contributed by atoms with Crippen molar-refractivity contribution < 1.29 is 0 Å². The monoisotopic (exact) mass is 295 g/mol. The summed E-state index contributed by atoms with van der Waals surface area (Å²) in [6, 6.07) is 0.648. The van der Waals surface area contributed by atoms with Crippen molar-refractivity contribution in [3.05, 3.63) is 10.6 Å². The van der Waals surface area contributed by atoms with Crippen LogP contribution in [0.4, 0.5) is 0 Å². The van der Waals surface area contributed by atoms with E-state index in [1.165, 1.54) is 76.5 Å². The van der Waals surface area contributed by atoms with Gasteiger partial charge in [0.15, 0.2) is 4.77 Å². The molecule has 1 aromatic heterocycles. The van der Waals surface area contributed by atoms with Gasteiger partial charge in [-0.2, -0.15) is 5.10 Å². The van der Waals surface area contributed by atoms with Crippen LogP contribution >= 0.6 is 12.2 Å². The Balaban J connectivity index is 1.54. The minimum Gasteiger partial charge on any atom is -0.301 e. The largest absolute Gasteiger partial charge is 0.301 e. The minimum atomic E-state index is 0.648. The highest BCUT2D eigenvalue weighted by Gasteiger charge is 2.26. The van der Waals surface area contributed by atoms with Gasteiger partial charge in [0.1, 0.15) is 5.82 Å². The van der Waals surface area contributed by atoms with Gasteiger partial charge in [-0.25, -0.2) is 0 Å². The fraction of sp³-hybridized carbons (Fsp3) is 0.875. The Morgan fingerprint density at radius 1 is 1.05 bits per heavy atom. The molecule has 0 radical (unpaired) electrons. The van der Waals surface area contributed by atoms with E-state index in [0.717, 1.165) is 11.2 Å². The molecule has 0 bridgehead atoms. The molecular formula is C16H29N3S. The molecule has 1 saturated carbocycles. The zero-order valence-electron chi connectivity index (χ0n) is 12.9. The maximum atomic E-state index is 5.30. The van der Waals surface area contributed by atoms with E-state index in [9.17, 15) is 0 Å². The van der Waals surface area contributed by atoms with Gasteiger partial charge < -0.3 is 4.57 Å². The molecule has 4 heteroatoms. The molecule has 0 spiro atoms. The van der Waals surface area contributed by atoms with Crippen molar-refractivity contribution in [2.45, 2.75) is 90.0 Å². The normalized spacial score (nSPS) is 14.8. The summed E-state index contributed by atoms with van der Waals surface area (Å²) in [4.78, 5) is 0. The summed E-state index contributed by atoms with van der Waals surface area (Å²) in [6.07, 6.45) is 16.0. The molecule has 0 amide bonds. The van der Waals surface area contributed by atoms with E-state index in [1.54, 1.807) is 0 Å². The summed E-state index contributed by atoms with van der Waals surface area (Å²) in [5.41, 5.74) is 0. The minimum absolute atomic E-state index is 0.648. The van der Waals surface area contributed by atoms with Crippen LogP contribution in [0.5, 0.6) is 0 Å². The second-order valence-corrected chi connectivity index (χ2v) is 6.51. The van der Waals surface area contributed by atoms with E-state index in [2.05, 4.69) is 21.7 Å². The number of aromatic nitrogens is 3. The van der Waals surface area contributed by atoms with Gasteiger partial charge in [0.05, 0.1) is 0 Å². The molecule has 1 N–H and O–H groups in total. The summed E-state index contributed by atoms with van der Waals surface area (Å²) in [5, 5.41) is 7.35. The topological polar surface area (TPSA) is 33.6 Å². The van der Waals surface area contributed by atoms with E-state index < -0.39 is 0 Å². The molecule has 0 saturated heterocycles. The van der Waals surface area contributed by atoms with Crippen molar-refractivity contribution in [1.82, 2.24) is 14.8 Å². The van der Waals surface area contributed by atoms with Crippen LogP contribution in [-0.4, -0.2) is 14.8 Å². The van der Waals surface area contributed by atoms with Crippen LogP contribution in [0.15, 0.2) is 0 Å². The van der Waals surface area contributed by atoms with Crippen LogP contribution in [0.25, 0.3) is 0 Å². The van der Waals surface area contributed by atoms with E-state index in [4.69, 9.17) is 12.2 Å². The number of hydrogen-bond acceptors (Lipinski definition) is 2. The Bertz CT molecular complexity index is 431. The fourth-order valence-electron chi connectivity index (χ4n) is 2.82. The van der Waals surface area contributed by atoms with Gasteiger partial charge in [-0.15, -0.1) is 0 Å². The number of nitrogens with zero attached hydrogens (tertiary/aromatic N) is 2. The van der Waals surface area contributed by atoms with Crippen molar-refractivity contribution >= 4 is 12.2 Å². The number of aryl methyl sites for hydroxylation is 1. The molecule has 0 unspecified atom stereocenters. The smallest absolute Gasteiger partial charge is 0.195 e. The molecule has 0 atom stereocenters. The van der Waals surface area contributed by atoms with Crippen molar-refractivity contribution in [1.29, 1.82) is 0 Å². The van der Waals surface area contributed by atoms with Crippen LogP contribution in [0.2, 0.25) is 0 Å². The second kappa shape index (κ2) is 8.60. The van der Waals surface area contributed by atoms with Gasteiger partial charge in [0, 0.05) is 12.5 Å². The maximum absolute atomic E-state index is 5.30. The summed E-state index contributed by atoms with van der Waals surface area (Å²) < 4.78 is 3.07. The van der Waals surface area contributed by atoms with E-state index in [0.29, 0.717) is 6.04 Å². The lowest BCUT2D eigenvalue weighted by molar-refractivity contribution is 0.555. The van der Waals surface area contributed by atoms with Gasteiger partial charge in [-0.1, -0.05) is 58.3 Å². The highest BCUT2D eigenvalue weighted by atomic mass is 32.1. The second-order valence-electron chi connectivity index (χ2n) is 6.12. The van der Waals surface area contributed by atoms with E-state index in [-0.39, 0.29) is 0 Å². The molecule has 1 aromatic rings. The zero-order valence-corrected chi connectivity index (χ0v) is 13.7. The third kappa shape index (κ3) is 5.04. The van der Waals surface area contributed by atoms with Crippen molar-refractivity contribution in [3.63, 3.8) is 0 Å². The molecule has 1 heterocycles. The first-order valence-corrected chi connectivity index (χ1v) is 8.89. The van der Waals surface area contributed by atoms with Crippen LogP contribution < -0.4 is 0 Å². The first-order valence-electron chi connectivity index (χ1n) is 8.48. The van der Waals surface area contributed by atoms with Crippen LogP contribution in [0.3, 0.4) is 0 Å². The van der Waals surface area contributed by atoms with Gasteiger partial charge in [0.25, 0.3) is 0 Å². The summed E-state index contributed by atoms with van der Waals surface area (Å²) >= 11 is 5.30. The first-order chi connectivity index (χ1) is 9.83. The first kappa shape index (κ1) is 15.7. The molecule has 0 aliphatic heterocycles. The lowest BCUT2D eigenvalue weighted by Crippen LogP contribution is -2.01. The summed E-state index contributed by atoms with van der Waals surface area (Å²) in [7, 11) is 0. The van der Waals surface area contributed by atoms with Crippen molar-refractivity contribution in [3.8, 4) is 0 Å². The average molecular weight is 295 g/mol. The highest BCUT2D eigenvalue weighted by molar-refractivity contribution is 7.71. The number of unbranched alkanes of at least 4 members (excludes halogenated alkanes) is 8. The number of H-pyrrole nitrogens is 1.